The minimum absolute atomic E-state index is 0.569. The fourth-order valence-electron chi connectivity index (χ4n) is 3.60. The zero-order chi connectivity index (χ0) is 15.5. The molecule has 1 saturated carbocycles. The van der Waals surface area contributed by atoms with Gasteiger partial charge in [0.15, 0.2) is 0 Å². The van der Waals surface area contributed by atoms with Crippen LogP contribution < -0.4 is 10.2 Å². The van der Waals surface area contributed by atoms with Gasteiger partial charge in [-0.1, -0.05) is 43.2 Å². The summed E-state index contributed by atoms with van der Waals surface area (Å²) < 4.78 is 0. The van der Waals surface area contributed by atoms with Crippen molar-refractivity contribution in [3.05, 3.63) is 36.4 Å². The highest BCUT2D eigenvalue weighted by molar-refractivity contribution is 5.64. The Morgan fingerprint density at radius 1 is 0.913 bits per heavy atom. The van der Waals surface area contributed by atoms with E-state index in [1.807, 2.05) is 6.07 Å². The third kappa shape index (κ3) is 3.31. The Morgan fingerprint density at radius 2 is 1.65 bits per heavy atom. The van der Waals surface area contributed by atoms with Gasteiger partial charge in [0.25, 0.3) is 0 Å². The van der Waals surface area contributed by atoms with Crippen molar-refractivity contribution < 1.29 is 0 Å². The lowest BCUT2D eigenvalue weighted by molar-refractivity contribution is 0.748. The number of benzene rings is 1. The molecule has 120 valence electrons. The highest BCUT2D eigenvalue weighted by Crippen LogP contribution is 2.27. The van der Waals surface area contributed by atoms with Gasteiger partial charge in [-0.2, -0.15) is 4.98 Å². The predicted molar refractivity (Wildman–Crippen MR) is 94.8 cm³/mol. The van der Waals surface area contributed by atoms with Gasteiger partial charge >= 0.3 is 0 Å². The lowest BCUT2D eigenvalue weighted by Gasteiger charge is -2.19. The molecule has 1 N–H and O–H groups in total. The first kappa shape index (κ1) is 14.5. The van der Waals surface area contributed by atoms with E-state index in [9.17, 15) is 0 Å². The van der Waals surface area contributed by atoms with E-state index in [-0.39, 0.29) is 0 Å². The van der Waals surface area contributed by atoms with Crippen LogP contribution in [0.25, 0.3) is 11.3 Å². The second-order valence-corrected chi connectivity index (χ2v) is 6.62. The van der Waals surface area contributed by atoms with Crippen molar-refractivity contribution in [1.29, 1.82) is 0 Å². The van der Waals surface area contributed by atoms with Crippen LogP contribution in [0.2, 0.25) is 0 Å². The summed E-state index contributed by atoms with van der Waals surface area (Å²) in [7, 11) is 0. The molecular weight excluding hydrogens is 284 g/mol. The van der Waals surface area contributed by atoms with Crippen LogP contribution in [0.15, 0.2) is 36.4 Å². The molecule has 0 unspecified atom stereocenters. The summed E-state index contributed by atoms with van der Waals surface area (Å²) in [4.78, 5) is 12.0. The molecular formula is C19H24N4. The molecule has 2 fully saturated rings. The van der Waals surface area contributed by atoms with Crippen molar-refractivity contribution >= 4 is 11.8 Å². The Morgan fingerprint density at radius 3 is 2.39 bits per heavy atom. The van der Waals surface area contributed by atoms with E-state index < -0.39 is 0 Å². The maximum atomic E-state index is 4.84. The molecule has 4 rings (SSSR count). The minimum Gasteiger partial charge on any atom is -0.367 e. The summed E-state index contributed by atoms with van der Waals surface area (Å²) in [5.74, 6) is 1.86. The van der Waals surface area contributed by atoms with Crippen molar-refractivity contribution in [2.24, 2.45) is 0 Å². The highest BCUT2D eigenvalue weighted by atomic mass is 15.3. The largest absolute Gasteiger partial charge is 0.367 e. The van der Waals surface area contributed by atoms with Gasteiger partial charge in [0, 0.05) is 30.8 Å². The standard InChI is InChI=1S/C19H24N4/c1-2-8-15(9-3-1)17-14-18(20-16-10-4-5-11-16)22-19(21-17)23-12-6-7-13-23/h1-3,8-9,14,16H,4-7,10-13H2,(H,20,21,22). The molecule has 0 atom stereocenters. The van der Waals surface area contributed by atoms with Gasteiger partial charge in [0.2, 0.25) is 5.95 Å². The highest BCUT2D eigenvalue weighted by Gasteiger charge is 2.19. The first-order valence-corrected chi connectivity index (χ1v) is 8.84. The Labute approximate surface area is 138 Å². The summed E-state index contributed by atoms with van der Waals surface area (Å²) in [5, 5.41) is 3.64. The van der Waals surface area contributed by atoms with E-state index in [1.165, 1.54) is 38.5 Å². The zero-order valence-electron chi connectivity index (χ0n) is 13.5. The van der Waals surface area contributed by atoms with Crippen molar-refractivity contribution in [3.8, 4) is 11.3 Å². The Bertz CT molecular complexity index is 644. The summed E-state index contributed by atoms with van der Waals surface area (Å²) in [6, 6.07) is 13.1. The van der Waals surface area contributed by atoms with Crippen LogP contribution in [-0.2, 0) is 0 Å². The molecule has 1 aliphatic heterocycles. The Balaban J connectivity index is 1.67. The average molecular weight is 308 g/mol. The Hall–Kier alpha value is -2.10. The minimum atomic E-state index is 0.569. The lowest BCUT2D eigenvalue weighted by Crippen LogP contribution is -2.22. The van der Waals surface area contributed by atoms with E-state index >= 15 is 0 Å². The number of nitrogens with one attached hydrogen (secondary N) is 1. The van der Waals surface area contributed by atoms with Crippen LogP contribution in [0, 0.1) is 0 Å². The topological polar surface area (TPSA) is 41.1 Å². The second kappa shape index (κ2) is 6.57. The summed E-state index contributed by atoms with van der Waals surface area (Å²) in [5.41, 5.74) is 2.17. The maximum absolute atomic E-state index is 4.84. The molecule has 2 heterocycles. The fourth-order valence-corrected chi connectivity index (χ4v) is 3.60. The van der Waals surface area contributed by atoms with E-state index in [0.29, 0.717) is 6.04 Å². The van der Waals surface area contributed by atoms with E-state index in [2.05, 4.69) is 40.5 Å². The molecule has 0 amide bonds. The summed E-state index contributed by atoms with van der Waals surface area (Å²) in [6.45, 7) is 2.14. The van der Waals surface area contributed by atoms with Crippen LogP contribution in [0.1, 0.15) is 38.5 Å². The molecule has 1 aromatic carbocycles. The average Bonchev–Trinajstić information content (AvgIpc) is 3.29. The molecule has 23 heavy (non-hydrogen) atoms. The monoisotopic (exact) mass is 308 g/mol. The predicted octanol–water partition coefficient (Wildman–Crippen LogP) is 4.10. The first-order valence-electron chi connectivity index (χ1n) is 8.84. The maximum Gasteiger partial charge on any atom is 0.227 e. The van der Waals surface area contributed by atoms with Crippen molar-refractivity contribution in [2.45, 2.75) is 44.6 Å². The van der Waals surface area contributed by atoms with Crippen LogP contribution in [0.3, 0.4) is 0 Å². The molecule has 1 aliphatic carbocycles. The molecule has 0 bridgehead atoms. The van der Waals surface area contributed by atoms with E-state index in [0.717, 1.165) is 36.1 Å². The quantitative estimate of drug-likeness (QED) is 0.923. The van der Waals surface area contributed by atoms with Crippen molar-refractivity contribution in [2.75, 3.05) is 23.3 Å². The molecule has 0 radical (unpaired) electrons. The number of hydrogen-bond acceptors (Lipinski definition) is 4. The van der Waals surface area contributed by atoms with Gasteiger partial charge in [-0.05, 0) is 25.7 Å². The lowest BCUT2D eigenvalue weighted by atomic mass is 10.1. The number of rotatable bonds is 4. The summed E-state index contributed by atoms with van der Waals surface area (Å²) in [6.07, 6.45) is 7.64. The third-order valence-corrected chi connectivity index (χ3v) is 4.88. The Kier molecular flexibility index (Phi) is 4.14. The third-order valence-electron chi connectivity index (χ3n) is 4.88. The first-order chi connectivity index (χ1) is 11.4. The molecule has 1 saturated heterocycles. The normalized spacial score (nSPS) is 18.5. The van der Waals surface area contributed by atoms with Gasteiger partial charge in [-0.25, -0.2) is 4.98 Å². The van der Waals surface area contributed by atoms with Crippen LogP contribution in [0.4, 0.5) is 11.8 Å². The molecule has 1 aromatic heterocycles. The van der Waals surface area contributed by atoms with Crippen LogP contribution >= 0.6 is 0 Å². The van der Waals surface area contributed by atoms with Gasteiger partial charge in [0.05, 0.1) is 5.69 Å². The van der Waals surface area contributed by atoms with Crippen molar-refractivity contribution in [3.63, 3.8) is 0 Å². The fraction of sp³-hybridized carbons (Fsp3) is 0.474. The van der Waals surface area contributed by atoms with Crippen LogP contribution in [0.5, 0.6) is 0 Å². The molecule has 4 nitrogen and oxygen atoms in total. The number of hydrogen-bond donors (Lipinski definition) is 1. The van der Waals surface area contributed by atoms with Gasteiger partial charge in [0.1, 0.15) is 5.82 Å². The molecule has 0 spiro atoms. The zero-order valence-corrected chi connectivity index (χ0v) is 13.5. The number of anilines is 2. The summed E-state index contributed by atoms with van der Waals surface area (Å²) >= 11 is 0. The SMILES string of the molecule is c1ccc(-c2cc(NC3CCCC3)nc(N3CCCC3)n2)cc1. The number of nitrogens with zero attached hydrogens (tertiary/aromatic N) is 3. The molecule has 2 aliphatic rings. The molecule has 4 heteroatoms. The second-order valence-electron chi connectivity index (χ2n) is 6.62. The smallest absolute Gasteiger partial charge is 0.227 e. The van der Waals surface area contributed by atoms with Gasteiger partial charge in [-0.3, -0.25) is 0 Å². The van der Waals surface area contributed by atoms with E-state index in [1.54, 1.807) is 0 Å². The molecule has 2 aromatic rings. The number of aromatic nitrogens is 2. The van der Waals surface area contributed by atoms with E-state index in [4.69, 9.17) is 9.97 Å². The van der Waals surface area contributed by atoms with Crippen molar-refractivity contribution in [1.82, 2.24) is 9.97 Å². The van der Waals surface area contributed by atoms with Crippen LogP contribution in [-0.4, -0.2) is 29.1 Å². The van der Waals surface area contributed by atoms with Gasteiger partial charge in [-0.15, -0.1) is 0 Å². The van der Waals surface area contributed by atoms with Gasteiger partial charge < -0.3 is 10.2 Å².